The van der Waals surface area contributed by atoms with Gasteiger partial charge >= 0.3 is 11.9 Å². The summed E-state index contributed by atoms with van der Waals surface area (Å²) in [5.74, 6) is -2.92. The molecule has 0 aromatic heterocycles. The van der Waals surface area contributed by atoms with Gasteiger partial charge in [0.1, 0.15) is 0 Å². The first-order valence-corrected chi connectivity index (χ1v) is 7.31. The second kappa shape index (κ2) is 4.65. The van der Waals surface area contributed by atoms with E-state index in [1.807, 2.05) is 0 Å². The number of sulfone groups is 1. The van der Waals surface area contributed by atoms with E-state index < -0.39 is 21.7 Å². The van der Waals surface area contributed by atoms with Crippen molar-refractivity contribution in [1.82, 2.24) is 4.90 Å². The summed E-state index contributed by atoms with van der Waals surface area (Å²) in [6.45, 7) is 1.70. The van der Waals surface area contributed by atoms with Gasteiger partial charge in [0.15, 0.2) is 9.84 Å². The molecule has 0 aliphatic carbocycles. The van der Waals surface area contributed by atoms with Crippen LogP contribution in [-0.4, -0.2) is 42.6 Å². The van der Waals surface area contributed by atoms with E-state index in [1.165, 1.54) is 6.07 Å². The zero-order valence-corrected chi connectivity index (χ0v) is 11.1. The Morgan fingerprint density at radius 2 is 2.00 bits per heavy atom. The molecule has 7 heteroatoms. The molecule has 0 atom stereocenters. The summed E-state index contributed by atoms with van der Waals surface area (Å²) in [5, 5.41) is 8.72. The lowest BCUT2D eigenvalue weighted by molar-refractivity contribution is -0.156. The molecule has 0 fully saturated rings. The minimum atomic E-state index is -3.47. The molecule has 0 spiro atoms. The lowest BCUT2D eigenvalue weighted by Gasteiger charge is -2.17. The number of carboxylic acids is 1. The van der Waals surface area contributed by atoms with Crippen molar-refractivity contribution in [3.8, 4) is 0 Å². The molecule has 1 aliphatic heterocycles. The Hall–Kier alpha value is -1.89. The lowest BCUT2D eigenvalue weighted by atomic mass is 10.1. The third-order valence-electron chi connectivity index (χ3n) is 3.01. The summed E-state index contributed by atoms with van der Waals surface area (Å²) in [4.78, 5) is 23.4. The second-order valence-electron chi connectivity index (χ2n) is 4.46. The van der Waals surface area contributed by atoms with Crippen LogP contribution in [0.4, 0.5) is 0 Å². The van der Waals surface area contributed by atoms with E-state index in [1.54, 1.807) is 19.1 Å². The van der Waals surface area contributed by atoms with E-state index in [9.17, 15) is 18.0 Å². The van der Waals surface area contributed by atoms with Crippen molar-refractivity contribution in [2.75, 3.05) is 12.3 Å². The van der Waals surface area contributed by atoms with Crippen LogP contribution >= 0.6 is 0 Å². The fourth-order valence-electron chi connectivity index (χ4n) is 2.07. The van der Waals surface area contributed by atoms with Gasteiger partial charge in [0, 0.05) is 13.1 Å². The molecule has 1 aromatic carbocycles. The highest BCUT2D eigenvalue weighted by atomic mass is 32.2. The molecular weight excluding hydrogens is 270 g/mol. The van der Waals surface area contributed by atoms with E-state index >= 15 is 0 Å². The molecule has 1 N–H and O–H groups in total. The Labute approximate surface area is 110 Å². The zero-order valence-electron chi connectivity index (χ0n) is 10.3. The number of nitrogens with zero attached hydrogens (tertiary/aromatic N) is 1. The van der Waals surface area contributed by atoms with Crippen LogP contribution in [0.5, 0.6) is 0 Å². The lowest BCUT2D eigenvalue weighted by Crippen LogP contribution is -2.37. The molecule has 1 aliphatic rings. The number of hydrogen-bond acceptors (Lipinski definition) is 4. The van der Waals surface area contributed by atoms with Crippen molar-refractivity contribution in [2.24, 2.45) is 0 Å². The predicted octanol–water partition coefficient (Wildman–Crippen LogP) is 0.196. The molecule has 0 saturated heterocycles. The van der Waals surface area contributed by atoms with E-state index in [4.69, 9.17) is 5.11 Å². The van der Waals surface area contributed by atoms with Crippen LogP contribution < -0.4 is 0 Å². The maximum Gasteiger partial charge on any atom is 0.394 e. The van der Waals surface area contributed by atoms with Crippen LogP contribution in [-0.2, 0) is 26.0 Å². The van der Waals surface area contributed by atoms with Crippen molar-refractivity contribution in [3.63, 3.8) is 0 Å². The average molecular weight is 283 g/mol. The van der Waals surface area contributed by atoms with Gasteiger partial charge in [0.05, 0.1) is 10.6 Å². The van der Waals surface area contributed by atoms with Crippen molar-refractivity contribution < 1.29 is 23.1 Å². The normalized spacial score (nSPS) is 17.4. The number of carbonyl (C=O) groups excluding carboxylic acids is 1. The van der Waals surface area contributed by atoms with Crippen LogP contribution in [0.3, 0.4) is 0 Å². The van der Waals surface area contributed by atoms with Crippen LogP contribution in [0.2, 0.25) is 0 Å². The monoisotopic (exact) mass is 283 g/mol. The molecule has 6 nitrogen and oxygen atoms in total. The fourth-order valence-corrected chi connectivity index (χ4v) is 3.55. The van der Waals surface area contributed by atoms with Crippen LogP contribution in [0.25, 0.3) is 0 Å². The molecule has 2 rings (SSSR count). The molecule has 0 radical (unpaired) electrons. The highest BCUT2D eigenvalue weighted by molar-refractivity contribution is 7.91. The number of aliphatic carboxylic acids is 1. The van der Waals surface area contributed by atoms with E-state index in [0.717, 1.165) is 10.5 Å². The quantitative estimate of drug-likeness (QED) is 0.686. The van der Waals surface area contributed by atoms with Gasteiger partial charge in [-0.15, -0.1) is 0 Å². The third kappa shape index (κ3) is 2.60. The maximum atomic E-state index is 12.1. The Morgan fingerprint density at radius 3 is 2.63 bits per heavy atom. The van der Waals surface area contributed by atoms with Gasteiger partial charge < -0.3 is 10.0 Å². The number of rotatable bonds is 0. The number of amides is 1. The number of aryl methyl sites for hydroxylation is 1. The summed E-state index contributed by atoms with van der Waals surface area (Å²) in [5.41, 5.74) is 1.32. The van der Waals surface area contributed by atoms with Gasteiger partial charge in [0.2, 0.25) is 0 Å². The Bertz CT molecular complexity index is 650. The van der Waals surface area contributed by atoms with Crippen LogP contribution in [0, 0.1) is 6.92 Å². The zero-order chi connectivity index (χ0) is 14.2. The average Bonchev–Trinajstić information content (AvgIpc) is 2.44. The van der Waals surface area contributed by atoms with Gasteiger partial charge in [0.25, 0.3) is 0 Å². The van der Waals surface area contributed by atoms with E-state index in [2.05, 4.69) is 0 Å². The molecule has 1 amide bonds. The van der Waals surface area contributed by atoms with Gasteiger partial charge in [-0.1, -0.05) is 17.7 Å². The number of carbonyl (C=O) groups is 2. The summed E-state index contributed by atoms with van der Waals surface area (Å²) >= 11 is 0. The number of carboxylic acid groups (broad SMARTS) is 1. The second-order valence-corrected chi connectivity index (χ2v) is 6.54. The summed E-state index contributed by atoms with van der Waals surface area (Å²) < 4.78 is 24.1. The molecular formula is C12H13NO5S. The summed E-state index contributed by atoms with van der Waals surface area (Å²) in [6, 6.07) is 4.86. The Morgan fingerprint density at radius 1 is 1.32 bits per heavy atom. The molecule has 1 heterocycles. The van der Waals surface area contributed by atoms with Gasteiger partial charge in [-0.2, -0.15) is 0 Å². The topological polar surface area (TPSA) is 91.8 Å². The number of benzene rings is 1. The first-order chi connectivity index (χ1) is 8.81. The molecule has 0 unspecified atom stereocenters. The summed E-state index contributed by atoms with van der Waals surface area (Å²) in [7, 11) is -3.47. The Kier molecular flexibility index (Phi) is 3.32. The van der Waals surface area contributed by atoms with Crippen molar-refractivity contribution in [3.05, 3.63) is 29.3 Å². The smallest absolute Gasteiger partial charge is 0.394 e. The number of fused-ring (bicyclic) bond motifs is 1. The minimum absolute atomic E-state index is 0.00137. The first kappa shape index (κ1) is 13.5. The highest BCUT2D eigenvalue weighted by Crippen LogP contribution is 2.23. The van der Waals surface area contributed by atoms with Crippen LogP contribution in [0.1, 0.15) is 11.1 Å². The van der Waals surface area contributed by atoms with E-state index in [-0.39, 0.29) is 23.7 Å². The standard InChI is InChI=1S/C12H13NO5S/c1-8-2-3-10-9(6-8)7-13(11(14)12(15)16)4-5-19(10,17)18/h2-3,6H,4-5,7H2,1H3,(H,15,16). The number of hydrogen-bond donors (Lipinski definition) is 1. The largest absolute Gasteiger partial charge is 0.474 e. The predicted molar refractivity (Wildman–Crippen MR) is 66.3 cm³/mol. The Balaban J connectivity index is 2.48. The SMILES string of the molecule is Cc1ccc2c(c1)CN(C(=O)C(=O)O)CCS2(=O)=O. The van der Waals surface area contributed by atoms with Crippen molar-refractivity contribution in [1.29, 1.82) is 0 Å². The summed E-state index contributed by atoms with van der Waals surface area (Å²) in [6.07, 6.45) is 0. The fraction of sp³-hybridized carbons (Fsp3) is 0.333. The molecule has 102 valence electrons. The van der Waals surface area contributed by atoms with Gasteiger partial charge in [-0.3, -0.25) is 4.79 Å². The third-order valence-corrected chi connectivity index (χ3v) is 4.80. The molecule has 0 bridgehead atoms. The minimum Gasteiger partial charge on any atom is -0.474 e. The van der Waals surface area contributed by atoms with Gasteiger partial charge in [-0.25, -0.2) is 13.2 Å². The molecule has 1 aromatic rings. The first-order valence-electron chi connectivity index (χ1n) is 5.66. The molecule has 0 saturated carbocycles. The van der Waals surface area contributed by atoms with Crippen molar-refractivity contribution in [2.45, 2.75) is 18.4 Å². The van der Waals surface area contributed by atoms with Crippen molar-refractivity contribution >= 4 is 21.7 Å². The maximum absolute atomic E-state index is 12.1. The van der Waals surface area contributed by atoms with Crippen LogP contribution in [0.15, 0.2) is 23.1 Å². The molecule has 19 heavy (non-hydrogen) atoms. The highest BCUT2D eigenvalue weighted by Gasteiger charge is 2.30. The van der Waals surface area contributed by atoms with E-state index in [0.29, 0.717) is 5.56 Å². The van der Waals surface area contributed by atoms with Gasteiger partial charge in [-0.05, 0) is 18.6 Å².